The van der Waals surface area contributed by atoms with Crippen LogP contribution in [0.5, 0.6) is 0 Å². The van der Waals surface area contributed by atoms with E-state index in [4.69, 9.17) is 4.74 Å². The molecule has 0 saturated heterocycles. The Morgan fingerprint density at radius 2 is 2.00 bits per heavy atom. The van der Waals surface area contributed by atoms with Gasteiger partial charge in [0, 0.05) is 18.5 Å². The average molecular weight is 255 g/mol. The number of fused-ring (bicyclic) bond motifs is 1. The van der Waals surface area contributed by atoms with Crippen LogP contribution in [0.4, 0.5) is 0 Å². The zero-order valence-corrected chi connectivity index (χ0v) is 10.3. The quantitative estimate of drug-likeness (QED) is 0.622. The molecule has 2 aromatic rings. The summed E-state index contributed by atoms with van der Waals surface area (Å²) in [4.78, 5) is 22.8. The first-order valence-corrected chi connectivity index (χ1v) is 6.19. The number of nitrogens with zero attached hydrogens (tertiary/aromatic N) is 1. The Hall–Kier alpha value is -2.36. The lowest BCUT2D eigenvalue weighted by atomic mass is 10.1. The fourth-order valence-electron chi connectivity index (χ4n) is 2.55. The molecule has 0 saturated carbocycles. The van der Waals surface area contributed by atoms with E-state index in [2.05, 4.69) is 0 Å². The summed E-state index contributed by atoms with van der Waals surface area (Å²) in [7, 11) is 0. The van der Waals surface area contributed by atoms with Crippen molar-refractivity contribution >= 4 is 12.3 Å². The number of aromatic nitrogens is 1. The molecule has 1 unspecified atom stereocenters. The molecular weight excluding hydrogens is 242 g/mol. The summed E-state index contributed by atoms with van der Waals surface area (Å²) in [6.07, 6.45) is 0.499. The van der Waals surface area contributed by atoms with Gasteiger partial charge in [-0.1, -0.05) is 30.3 Å². The summed E-state index contributed by atoms with van der Waals surface area (Å²) < 4.78 is 6.95. The van der Waals surface area contributed by atoms with Gasteiger partial charge in [0.15, 0.2) is 0 Å². The van der Waals surface area contributed by atoms with Gasteiger partial charge in [-0.05, 0) is 12.1 Å². The van der Waals surface area contributed by atoms with Crippen LogP contribution in [0.3, 0.4) is 0 Å². The van der Waals surface area contributed by atoms with Gasteiger partial charge in [0.1, 0.15) is 6.10 Å². The number of benzene rings is 1. The van der Waals surface area contributed by atoms with Crippen LogP contribution in [0.25, 0.3) is 0 Å². The van der Waals surface area contributed by atoms with E-state index in [1.807, 2.05) is 28.8 Å². The predicted octanol–water partition coefficient (Wildman–Crippen LogP) is 2.34. The molecule has 19 heavy (non-hydrogen) atoms. The molecule has 0 amide bonds. The van der Waals surface area contributed by atoms with Crippen LogP contribution in [-0.4, -0.2) is 16.8 Å². The van der Waals surface area contributed by atoms with Crippen LogP contribution in [0.2, 0.25) is 0 Å². The molecule has 0 spiro atoms. The van der Waals surface area contributed by atoms with E-state index < -0.39 is 0 Å². The highest BCUT2D eigenvalue weighted by atomic mass is 16.5. The molecule has 1 aliphatic rings. The first-order chi connectivity index (χ1) is 9.31. The second-order valence-electron chi connectivity index (χ2n) is 4.50. The maximum atomic E-state index is 12.4. The second kappa shape index (κ2) is 4.72. The molecule has 4 heteroatoms. The van der Waals surface area contributed by atoms with Crippen LogP contribution in [0, 0.1) is 0 Å². The number of ketones is 1. The molecule has 96 valence electrons. The molecule has 1 aliphatic heterocycles. The number of hydrogen-bond acceptors (Lipinski definition) is 3. The van der Waals surface area contributed by atoms with Gasteiger partial charge < -0.3 is 9.30 Å². The summed E-state index contributed by atoms with van der Waals surface area (Å²) in [5.41, 5.74) is 2.22. The Bertz CT molecular complexity index is 616. The minimum absolute atomic E-state index is 0.00129. The van der Waals surface area contributed by atoms with Crippen molar-refractivity contribution in [3.05, 3.63) is 59.4 Å². The van der Waals surface area contributed by atoms with E-state index in [0.717, 1.165) is 12.1 Å². The Balaban J connectivity index is 1.94. The average Bonchev–Trinajstić information content (AvgIpc) is 3.02. The SMILES string of the molecule is O=COC1CCn2c(C(=O)c3ccccc3)ccc21. The lowest BCUT2D eigenvalue weighted by molar-refractivity contribution is -0.133. The van der Waals surface area contributed by atoms with E-state index in [0.29, 0.717) is 24.3 Å². The van der Waals surface area contributed by atoms with Crippen LogP contribution in [-0.2, 0) is 16.1 Å². The zero-order valence-electron chi connectivity index (χ0n) is 10.3. The number of carbonyl (C=O) groups is 2. The van der Waals surface area contributed by atoms with E-state index in [9.17, 15) is 9.59 Å². The molecule has 0 aliphatic carbocycles. The first kappa shape index (κ1) is 11.7. The Kier molecular flexibility index (Phi) is 2.91. The second-order valence-corrected chi connectivity index (χ2v) is 4.50. The summed E-state index contributed by atoms with van der Waals surface area (Å²) in [5.74, 6) is -0.00129. The van der Waals surface area contributed by atoms with Gasteiger partial charge in [0.25, 0.3) is 6.47 Å². The highest BCUT2D eigenvalue weighted by Gasteiger charge is 2.28. The summed E-state index contributed by atoms with van der Waals surface area (Å²) in [6, 6.07) is 12.8. The minimum Gasteiger partial charge on any atom is -0.458 e. The Labute approximate surface area is 110 Å². The van der Waals surface area contributed by atoms with Crippen LogP contribution >= 0.6 is 0 Å². The topological polar surface area (TPSA) is 48.3 Å². The molecule has 4 nitrogen and oxygen atoms in total. The summed E-state index contributed by atoms with van der Waals surface area (Å²) in [6.45, 7) is 1.17. The molecule has 0 fully saturated rings. The van der Waals surface area contributed by atoms with Gasteiger partial charge >= 0.3 is 0 Å². The van der Waals surface area contributed by atoms with Gasteiger partial charge in [-0.3, -0.25) is 9.59 Å². The summed E-state index contributed by atoms with van der Waals surface area (Å²) in [5, 5.41) is 0. The highest BCUT2D eigenvalue weighted by Crippen LogP contribution is 2.31. The standard InChI is InChI=1S/C15H13NO3/c17-10-19-14-8-9-16-12(14)6-7-13(16)15(18)11-4-2-1-3-5-11/h1-7,10,14H,8-9H2. The van der Waals surface area contributed by atoms with Gasteiger partial charge in [0.05, 0.1) is 11.4 Å². The van der Waals surface area contributed by atoms with E-state index >= 15 is 0 Å². The smallest absolute Gasteiger partial charge is 0.293 e. The van der Waals surface area contributed by atoms with Gasteiger partial charge in [0.2, 0.25) is 5.78 Å². The molecule has 0 radical (unpaired) electrons. The molecule has 1 atom stereocenters. The monoisotopic (exact) mass is 255 g/mol. The number of carbonyl (C=O) groups excluding carboxylic acids is 2. The van der Waals surface area contributed by atoms with E-state index in [1.165, 1.54) is 0 Å². The molecule has 1 aromatic carbocycles. The Morgan fingerprint density at radius 3 is 2.74 bits per heavy atom. The molecule has 3 rings (SSSR count). The highest BCUT2D eigenvalue weighted by molar-refractivity contribution is 6.08. The zero-order chi connectivity index (χ0) is 13.2. The number of hydrogen-bond donors (Lipinski definition) is 0. The molecular formula is C15H13NO3. The lowest BCUT2D eigenvalue weighted by Gasteiger charge is -2.06. The lowest BCUT2D eigenvalue weighted by Crippen LogP contribution is -2.08. The largest absolute Gasteiger partial charge is 0.458 e. The minimum atomic E-state index is -0.227. The Morgan fingerprint density at radius 1 is 1.21 bits per heavy atom. The third-order valence-electron chi connectivity index (χ3n) is 3.45. The molecule has 0 N–H and O–H groups in total. The van der Waals surface area contributed by atoms with Crippen molar-refractivity contribution in [3.63, 3.8) is 0 Å². The summed E-state index contributed by atoms with van der Waals surface area (Å²) >= 11 is 0. The van der Waals surface area contributed by atoms with Crippen molar-refractivity contribution in [1.82, 2.24) is 4.57 Å². The van der Waals surface area contributed by atoms with Crippen molar-refractivity contribution in [2.75, 3.05) is 0 Å². The van der Waals surface area contributed by atoms with Crippen LogP contribution in [0.1, 0.15) is 34.3 Å². The first-order valence-electron chi connectivity index (χ1n) is 6.19. The predicted molar refractivity (Wildman–Crippen MR) is 68.8 cm³/mol. The number of rotatable bonds is 4. The normalized spacial score (nSPS) is 16.9. The van der Waals surface area contributed by atoms with E-state index in [-0.39, 0.29) is 11.9 Å². The van der Waals surface area contributed by atoms with Gasteiger partial charge in [-0.15, -0.1) is 0 Å². The van der Waals surface area contributed by atoms with Gasteiger partial charge in [-0.2, -0.15) is 0 Å². The van der Waals surface area contributed by atoms with E-state index in [1.54, 1.807) is 18.2 Å². The maximum Gasteiger partial charge on any atom is 0.293 e. The van der Waals surface area contributed by atoms with Crippen LogP contribution < -0.4 is 0 Å². The van der Waals surface area contributed by atoms with Crippen molar-refractivity contribution in [2.45, 2.75) is 19.1 Å². The fourth-order valence-corrected chi connectivity index (χ4v) is 2.55. The molecule has 2 heterocycles. The number of ether oxygens (including phenoxy) is 1. The van der Waals surface area contributed by atoms with Crippen molar-refractivity contribution < 1.29 is 14.3 Å². The third kappa shape index (κ3) is 1.95. The van der Waals surface area contributed by atoms with Crippen LogP contribution in [0.15, 0.2) is 42.5 Å². The third-order valence-corrected chi connectivity index (χ3v) is 3.45. The molecule has 0 bridgehead atoms. The van der Waals surface area contributed by atoms with Crippen molar-refractivity contribution in [3.8, 4) is 0 Å². The fraction of sp³-hybridized carbons (Fsp3) is 0.200. The maximum absolute atomic E-state index is 12.4. The molecule has 1 aromatic heterocycles. The van der Waals surface area contributed by atoms with Crippen molar-refractivity contribution in [2.24, 2.45) is 0 Å². The van der Waals surface area contributed by atoms with Crippen molar-refractivity contribution in [1.29, 1.82) is 0 Å². The van der Waals surface area contributed by atoms with Gasteiger partial charge in [-0.25, -0.2) is 0 Å².